The molecule has 22 heavy (non-hydrogen) atoms. The molecule has 2 aromatic rings. The van der Waals surface area contributed by atoms with Crippen molar-refractivity contribution in [1.82, 2.24) is 9.80 Å². The van der Waals surface area contributed by atoms with Crippen molar-refractivity contribution in [2.24, 2.45) is 4.99 Å². The Labute approximate surface area is 136 Å². The molecule has 0 radical (unpaired) electrons. The van der Waals surface area contributed by atoms with E-state index in [1.165, 1.54) is 16.0 Å². The third kappa shape index (κ3) is 4.01. The first kappa shape index (κ1) is 16.4. The highest BCUT2D eigenvalue weighted by Gasteiger charge is 2.06. The first-order valence-electron chi connectivity index (χ1n) is 7.12. The molecule has 118 valence electrons. The van der Waals surface area contributed by atoms with Crippen LogP contribution >= 0.6 is 11.3 Å². The number of aliphatic imine (C=N–C) groups is 1. The van der Waals surface area contributed by atoms with E-state index in [-0.39, 0.29) is 0 Å². The zero-order valence-electron chi connectivity index (χ0n) is 13.8. The fourth-order valence-electron chi connectivity index (χ4n) is 2.23. The predicted molar refractivity (Wildman–Crippen MR) is 94.8 cm³/mol. The highest BCUT2D eigenvalue weighted by atomic mass is 32.1. The molecule has 5 heteroatoms. The van der Waals surface area contributed by atoms with Crippen LogP contribution < -0.4 is 4.74 Å². The number of rotatable bonds is 4. The van der Waals surface area contributed by atoms with Crippen molar-refractivity contribution in [1.29, 1.82) is 0 Å². The Morgan fingerprint density at radius 3 is 2.23 bits per heavy atom. The number of ether oxygens (including phenoxy) is 1. The van der Waals surface area contributed by atoms with Gasteiger partial charge < -0.3 is 14.5 Å². The molecular formula is C17H23N3OS. The van der Waals surface area contributed by atoms with Crippen molar-refractivity contribution in [3.8, 4) is 16.9 Å². The molecule has 0 aliphatic carbocycles. The van der Waals surface area contributed by atoms with Gasteiger partial charge in [-0.2, -0.15) is 0 Å². The number of guanidine groups is 1. The lowest BCUT2D eigenvalue weighted by Gasteiger charge is -2.22. The monoisotopic (exact) mass is 317 g/mol. The second-order valence-electron chi connectivity index (χ2n) is 5.44. The molecule has 0 saturated heterocycles. The van der Waals surface area contributed by atoms with Gasteiger partial charge in [0.15, 0.2) is 5.96 Å². The number of hydrogen-bond acceptors (Lipinski definition) is 3. The number of methoxy groups -OCH3 is 1. The fourth-order valence-corrected chi connectivity index (χ4v) is 3.05. The van der Waals surface area contributed by atoms with Gasteiger partial charge in [0.05, 0.1) is 13.7 Å². The van der Waals surface area contributed by atoms with Crippen LogP contribution in [0.25, 0.3) is 11.1 Å². The lowest BCUT2D eigenvalue weighted by Crippen LogP contribution is -2.35. The Morgan fingerprint density at radius 2 is 1.68 bits per heavy atom. The van der Waals surface area contributed by atoms with E-state index in [1.807, 2.05) is 50.1 Å². The molecule has 0 saturated carbocycles. The summed E-state index contributed by atoms with van der Waals surface area (Å²) in [5, 5.41) is 2.18. The molecule has 0 aliphatic rings. The molecule has 0 aliphatic heterocycles. The number of benzene rings is 1. The Balaban J connectivity index is 2.12. The van der Waals surface area contributed by atoms with Crippen LogP contribution in [-0.4, -0.2) is 51.1 Å². The quantitative estimate of drug-likeness (QED) is 0.639. The second kappa shape index (κ2) is 7.31. The molecule has 2 rings (SSSR count). The largest absolute Gasteiger partial charge is 0.497 e. The van der Waals surface area contributed by atoms with Crippen LogP contribution in [0, 0.1) is 0 Å². The molecule has 4 nitrogen and oxygen atoms in total. The van der Waals surface area contributed by atoms with Gasteiger partial charge in [0, 0.05) is 33.1 Å². The number of nitrogens with zero attached hydrogens (tertiary/aromatic N) is 3. The summed E-state index contributed by atoms with van der Waals surface area (Å²) in [5.74, 6) is 1.85. The van der Waals surface area contributed by atoms with Crippen molar-refractivity contribution >= 4 is 17.3 Å². The van der Waals surface area contributed by atoms with Gasteiger partial charge in [-0.05, 0) is 34.7 Å². The van der Waals surface area contributed by atoms with Crippen molar-refractivity contribution in [3.05, 3.63) is 40.6 Å². The summed E-state index contributed by atoms with van der Waals surface area (Å²) in [7, 11) is 9.72. The lowest BCUT2D eigenvalue weighted by atomic mass is 10.1. The molecule has 0 bridgehead atoms. The van der Waals surface area contributed by atoms with Gasteiger partial charge in [-0.25, -0.2) is 4.99 Å². The highest BCUT2D eigenvalue weighted by Crippen LogP contribution is 2.27. The minimum Gasteiger partial charge on any atom is -0.497 e. The van der Waals surface area contributed by atoms with E-state index in [0.29, 0.717) is 6.54 Å². The third-order valence-electron chi connectivity index (χ3n) is 3.25. The fraction of sp³-hybridized carbons (Fsp3) is 0.353. The molecule has 1 aromatic heterocycles. The molecule has 0 amide bonds. The van der Waals surface area contributed by atoms with Crippen LogP contribution in [0.3, 0.4) is 0 Å². The standard InChI is InChI=1S/C17H23N3OS/c1-19(2)17(20(3)4)18-11-16-10-14(12-22-16)13-6-8-15(21-5)9-7-13/h6-10,12H,11H2,1-5H3. The van der Waals surface area contributed by atoms with E-state index < -0.39 is 0 Å². The summed E-state index contributed by atoms with van der Waals surface area (Å²) in [6.07, 6.45) is 0. The highest BCUT2D eigenvalue weighted by molar-refractivity contribution is 7.10. The van der Waals surface area contributed by atoms with Crippen molar-refractivity contribution in [2.45, 2.75) is 6.54 Å². The zero-order valence-corrected chi connectivity index (χ0v) is 14.6. The normalized spacial score (nSPS) is 10.2. The van der Waals surface area contributed by atoms with Gasteiger partial charge in [0.2, 0.25) is 0 Å². The molecule has 0 atom stereocenters. The van der Waals surface area contributed by atoms with Crippen LogP contribution in [0.2, 0.25) is 0 Å². The SMILES string of the molecule is COc1ccc(-c2csc(CN=C(N(C)C)N(C)C)c2)cc1. The van der Waals surface area contributed by atoms with Crippen LogP contribution in [0.5, 0.6) is 5.75 Å². The first-order valence-corrected chi connectivity index (χ1v) is 8.00. The van der Waals surface area contributed by atoms with Gasteiger partial charge in [-0.3, -0.25) is 0 Å². The molecule has 0 fully saturated rings. The van der Waals surface area contributed by atoms with Gasteiger partial charge >= 0.3 is 0 Å². The van der Waals surface area contributed by atoms with E-state index in [9.17, 15) is 0 Å². The van der Waals surface area contributed by atoms with E-state index in [1.54, 1.807) is 18.4 Å². The maximum atomic E-state index is 5.20. The molecular weight excluding hydrogens is 294 g/mol. The average Bonchev–Trinajstić information content (AvgIpc) is 2.95. The maximum Gasteiger partial charge on any atom is 0.195 e. The van der Waals surface area contributed by atoms with Gasteiger partial charge in [-0.15, -0.1) is 11.3 Å². The Kier molecular flexibility index (Phi) is 5.44. The van der Waals surface area contributed by atoms with E-state index in [4.69, 9.17) is 4.74 Å². The Bertz CT molecular complexity index is 620. The molecule has 1 heterocycles. The smallest absolute Gasteiger partial charge is 0.195 e. The predicted octanol–water partition coefficient (Wildman–Crippen LogP) is 3.40. The maximum absolute atomic E-state index is 5.20. The lowest BCUT2D eigenvalue weighted by molar-refractivity contribution is 0.415. The Hall–Kier alpha value is -2.01. The van der Waals surface area contributed by atoms with E-state index in [2.05, 4.69) is 28.6 Å². The first-order chi connectivity index (χ1) is 10.5. The summed E-state index contributed by atoms with van der Waals surface area (Å²) >= 11 is 1.74. The van der Waals surface area contributed by atoms with Crippen LogP contribution in [0.1, 0.15) is 4.88 Å². The van der Waals surface area contributed by atoms with Crippen LogP contribution in [-0.2, 0) is 6.54 Å². The number of hydrogen-bond donors (Lipinski definition) is 0. The summed E-state index contributed by atoms with van der Waals surface area (Å²) in [4.78, 5) is 9.99. The minimum atomic E-state index is 0.701. The van der Waals surface area contributed by atoms with Crippen LogP contribution in [0.15, 0.2) is 40.7 Å². The van der Waals surface area contributed by atoms with Gasteiger partial charge in [-0.1, -0.05) is 12.1 Å². The van der Waals surface area contributed by atoms with E-state index >= 15 is 0 Å². The summed E-state index contributed by atoms with van der Waals surface area (Å²) in [6.45, 7) is 0.701. The summed E-state index contributed by atoms with van der Waals surface area (Å²) in [6, 6.07) is 10.3. The van der Waals surface area contributed by atoms with Gasteiger partial charge in [0.25, 0.3) is 0 Å². The minimum absolute atomic E-state index is 0.701. The second-order valence-corrected chi connectivity index (χ2v) is 6.43. The molecule has 0 N–H and O–H groups in total. The van der Waals surface area contributed by atoms with Crippen molar-refractivity contribution in [3.63, 3.8) is 0 Å². The molecule has 0 spiro atoms. The van der Waals surface area contributed by atoms with Crippen LogP contribution in [0.4, 0.5) is 0 Å². The summed E-state index contributed by atoms with van der Waals surface area (Å²) < 4.78 is 5.20. The van der Waals surface area contributed by atoms with E-state index in [0.717, 1.165) is 11.7 Å². The van der Waals surface area contributed by atoms with Crippen molar-refractivity contribution < 1.29 is 4.74 Å². The topological polar surface area (TPSA) is 28.1 Å². The number of thiophene rings is 1. The Morgan fingerprint density at radius 1 is 1.05 bits per heavy atom. The molecule has 1 aromatic carbocycles. The van der Waals surface area contributed by atoms with Crippen molar-refractivity contribution in [2.75, 3.05) is 35.3 Å². The average molecular weight is 317 g/mol. The third-order valence-corrected chi connectivity index (χ3v) is 4.17. The summed E-state index contributed by atoms with van der Waals surface area (Å²) in [5.41, 5.74) is 2.43. The zero-order chi connectivity index (χ0) is 16.1. The van der Waals surface area contributed by atoms with Gasteiger partial charge in [0.1, 0.15) is 5.75 Å². The molecule has 0 unspecified atom stereocenters.